The van der Waals surface area contributed by atoms with Crippen LogP contribution in [0.4, 0.5) is 10.5 Å². The molecule has 1 aromatic carbocycles. The summed E-state index contributed by atoms with van der Waals surface area (Å²) < 4.78 is 7.22. The number of hydrogen-bond donors (Lipinski definition) is 2. The number of rotatable bonds is 6. The SMILES string of the molecule is Cc1cccc(NC(=O)NC(=O)COC(=O)/C=C/c2cc(C)n(C3CC3)c2C)c1C. The Hall–Kier alpha value is -3.35. The second kappa shape index (κ2) is 8.98. The molecular formula is C23H27N3O4. The van der Waals surface area contributed by atoms with Crippen LogP contribution in [-0.2, 0) is 14.3 Å². The zero-order valence-corrected chi connectivity index (χ0v) is 17.7. The average Bonchev–Trinajstić information content (AvgIpc) is 3.47. The van der Waals surface area contributed by atoms with Gasteiger partial charge in [0.15, 0.2) is 6.61 Å². The normalized spacial score (nSPS) is 13.3. The number of ether oxygens (including phenoxy) is 1. The number of aryl methyl sites for hydroxylation is 2. The minimum absolute atomic E-state index is 0.537. The van der Waals surface area contributed by atoms with Gasteiger partial charge in [0.2, 0.25) is 0 Å². The molecule has 0 unspecified atom stereocenters. The molecule has 0 spiro atoms. The Labute approximate surface area is 176 Å². The molecule has 7 heteroatoms. The number of imide groups is 1. The van der Waals surface area contributed by atoms with Gasteiger partial charge in [-0.1, -0.05) is 12.1 Å². The molecule has 1 aliphatic carbocycles. The van der Waals surface area contributed by atoms with Crippen molar-refractivity contribution in [3.8, 4) is 0 Å². The summed E-state index contributed by atoms with van der Waals surface area (Å²) in [5.74, 6) is -1.34. The van der Waals surface area contributed by atoms with Crippen LogP contribution in [0.15, 0.2) is 30.3 Å². The Morgan fingerprint density at radius 1 is 1.17 bits per heavy atom. The van der Waals surface area contributed by atoms with E-state index in [4.69, 9.17) is 4.74 Å². The summed E-state index contributed by atoms with van der Waals surface area (Å²) in [7, 11) is 0. The van der Waals surface area contributed by atoms with Crippen LogP contribution in [0.2, 0.25) is 0 Å². The van der Waals surface area contributed by atoms with Gasteiger partial charge in [0.1, 0.15) is 0 Å². The van der Waals surface area contributed by atoms with Crippen molar-refractivity contribution in [2.75, 3.05) is 11.9 Å². The van der Waals surface area contributed by atoms with Gasteiger partial charge >= 0.3 is 12.0 Å². The van der Waals surface area contributed by atoms with E-state index in [0.29, 0.717) is 11.7 Å². The van der Waals surface area contributed by atoms with Crippen LogP contribution < -0.4 is 10.6 Å². The number of amides is 3. The van der Waals surface area contributed by atoms with Gasteiger partial charge in [0.25, 0.3) is 5.91 Å². The molecule has 1 aliphatic rings. The van der Waals surface area contributed by atoms with Gasteiger partial charge in [-0.25, -0.2) is 9.59 Å². The second-order valence-corrected chi connectivity index (χ2v) is 7.62. The number of carbonyl (C=O) groups excluding carboxylic acids is 3. The predicted molar refractivity (Wildman–Crippen MR) is 115 cm³/mol. The molecule has 3 rings (SSSR count). The summed E-state index contributed by atoms with van der Waals surface area (Å²) in [6.45, 7) is 7.35. The van der Waals surface area contributed by atoms with E-state index >= 15 is 0 Å². The summed E-state index contributed by atoms with van der Waals surface area (Å²) in [4.78, 5) is 35.8. The van der Waals surface area contributed by atoms with Crippen LogP contribution in [0.1, 0.15) is 47.0 Å². The van der Waals surface area contributed by atoms with Crippen molar-refractivity contribution in [2.45, 2.75) is 46.6 Å². The predicted octanol–water partition coefficient (Wildman–Crippen LogP) is 3.96. The summed E-state index contributed by atoms with van der Waals surface area (Å²) in [6.07, 6.45) is 5.36. The van der Waals surface area contributed by atoms with Crippen molar-refractivity contribution in [1.29, 1.82) is 0 Å². The Kier molecular flexibility index (Phi) is 6.40. The van der Waals surface area contributed by atoms with Crippen molar-refractivity contribution in [3.05, 3.63) is 58.4 Å². The zero-order valence-electron chi connectivity index (χ0n) is 17.7. The quantitative estimate of drug-likeness (QED) is 0.558. The molecule has 3 amide bonds. The number of benzene rings is 1. The van der Waals surface area contributed by atoms with Gasteiger partial charge in [0.05, 0.1) is 0 Å². The third-order valence-electron chi connectivity index (χ3n) is 5.29. The Bertz CT molecular complexity index is 1020. The van der Waals surface area contributed by atoms with E-state index in [2.05, 4.69) is 22.1 Å². The number of aromatic nitrogens is 1. The lowest BCUT2D eigenvalue weighted by atomic mass is 10.1. The number of esters is 1. The maximum atomic E-state index is 12.0. The number of anilines is 1. The topological polar surface area (TPSA) is 89.4 Å². The first-order valence-corrected chi connectivity index (χ1v) is 9.96. The first-order chi connectivity index (χ1) is 14.3. The maximum Gasteiger partial charge on any atom is 0.331 e. The summed E-state index contributed by atoms with van der Waals surface area (Å²) in [5.41, 5.74) is 5.78. The Morgan fingerprint density at radius 2 is 1.90 bits per heavy atom. The fourth-order valence-corrected chi connectivity index (χ4v) is 3.41. The average molecular weight is 409 g/mol. The largest absolute Gasteiger partial charge is 0.452 e. The Morgan fingerprint density at radius 3 is 2.60 bits per heavy atom. The highest BCUT2D eigenvalue weighted by Crippen LogP contribution is 2.38. The van der Waals surface area contributed by atoms with Gasteiger partial charge in [-0.2, -0.15) is 0 Å². The van der Waals surface area contributed by atoms with Gasteiger partial charge in [-0.15, -0.1) is 0 Å². The van der Waals surface area contributed by atoms with Crippen molar-refractivity contribution < 1.29 is 19.1 Å². The zero-order chi connectivity index (χ0) is 21.8. The van der Waals surface area contributed by atoms with Gasteiger partial charge in [0, 0.05) is 29.2 Å². The van der Waals surface area contributed by atoms with E-state index in [9.17, 15) is 14.4 Å². The minimum Gasteiger partial charge on any atom is -0.452 e. The third kappa shape index (κ3) is 5.17. The van der Waals surface area contributed by atoms with Crippen molar-refractivity contribution in [3.63, 3.8) is 0 Å². The molecule has 158 valence electrons. The van der Waals surface area contributed by atoms with Crippen molar-refractivity contribution in [1.82, 2.24) is 9.88 Å². The van der Waals surface area contributed by atoms with Gasteiger partial charge in [-0.3, -0.25) is 10.1 Å². The molecule has 0 aliphatic heterocycles. The third-order valence-corrected chi connectivity index (χ3v) is 5.29. The number of nitrogens with zero attached hydrogens (tertiary/aromatic N) is 1. The smallest absolute Gasteiger partial charge is 0.331 e. The monoisotopic (exact) mass is 409 g/mol. The lowest BCUT2D eigenvalue weighted by Gasteiger charge is -2.10. The highest BCUT2D eigenvalue weighted by Gasteiger charge is 2.26. The molecule has 1 aromatic heterocycles. The van der Waals surface area contributed by atoms with Crippen LogP contribution in [0.5, 0.6) is 0 Å². The summed E-state index contributed by atoms with van der Waals surface area (Å²) in [6, 6.07) is 7.42. The maximum absolute atomic E-state index is 12.0. The minimum atomic E-state index is -0.702. The molecule has 1 fully saturated rings. The van der Waals surface area contributed by atoms with Crippen LogP contribution in [-0.4, -0.2) is 29.1 Å². The Balaban J connectivity index is 1.47. The molecule has 30 heavy (non-hydrogen) atoms. The van der Waals surface area contributed by atoms with E-state index in [-0.39, 0.29) is 0 Å². The molecule has 2 N–H and O–H groups in total. The molecule has 1 saturated carbocycles. The molecule has 7 nitrogen and oxygen atoms in total. The van der Waals surface area contributed by atoms with Crippen LogP contribution in [0.25, 0.3) is 6.08 Å². The van der Waals surface area contributed by atoms with E-state index < -0.39 is 24.5 Å². The molecule has 0 radical (unpaired) electrons. The fourth-order valence-electron chi connectivity index (χ4n) is 3.41. The molecular weight excluding hydrogens is 382 g/mol. The molecule has 0 saturated heterocycles. The molecule has 0 bridgehead atoms. The molecule has 0 atom stereocenters. The van der Waals surface area contributed by atoms with Gasteiger partial charge in [-0.05, 0) is 75.4 Å². The van der Waals surface area contributed by atoms with E-state index in [1.807, 2.05) is 39.0 Å². The van der Waals surface area contributed by atoms with E-state index in [1.54, 1.807) is 12.1 Å². The lowest BCUT2D eigenvalue weighted by Crippen LogP contribution is -2.37. The van der Waals surface area contributed by atoms with Gasteiger partial charge < -0.3 is 14.6 Å². The van der Waals surface area contributed by atoms with Crippen molar-refractivity contribution >= 4 is 29.7 Å². The second-order valence-electron chi connectivity index (χ2n) is 7.62. The molecule has 2 aromatic rings. The fraction of sp³-hybridized carbons (Fsp3) is 0.348. The van der Waals surface area contributed by atoms with Crippen LogP contribution >= 0.6 is 0 Å². The van der Waals surface area contributed by atoms with E-state index in [1.165, 1.54) is 18.9 Å². The van der Waals surface area contributed by atoms with Crippen LogP contribution in [0.3, 0.4) is 0 Å². The lowest BCUT2D eigenvalue weighted by molar-refractivity contribution is -0.143. The first-order valence-electron chi connectivity index (χ1n) is 9.96. The number of urea groups is 1. The number of carbonyl (C=O) groups is 3. The molecule has 1 heterocycles. The highest BCUT2D eigenvalue weighted by molar-refractivity contribution is 6.02. The van der Waals surface area contributed by atoms with E-state index in [0.717, 1.165) is 28.1 Å². The standard InChI is InChI=1S/C23H27N3O4/c1-14-6-5-7-20(16(14)3)24-23(29)25-21(27)13-30-22(28)11-8-18-12-15(2)26(17(18)4)19-9-10-19/h5-8,11-12,19H,9-10,13H2,1-4H3,(H2,24,25,27,29)/b11-8+. The summed E-state index contributed by atoms with van der Waals surface area (Å²) in [5, 5.41) is 4.77. The number of hydrogen-bond acceptors (Lipinski definition) is 4. The van der Waals surface area contributed by atoms with Crippen LogP contribution in [0, 0.1) is 27.7 Å². The number of nitrogens with one attached hydrogen (secondary N) is 2. The van der Waals surface area contributed by atoms with Crippen molar-refractivity contribution in [2.24, 2.45) is 0 Å². The first kappa shape index (κ1) is 21.4. The summed E-state index contributed by atoms with van der Waals surface area (Å²) >= 11 is 0. The highest BCUT2D eigenvalue weighted by atomic mass is 16.5.